The van der Waals surface area contributed by atoms with Gasteiger partial charge in [-0.1, -0.05) is 70.9 Å². The van der Waals surface area contributed by atoms with Crippen molar-refractivity contribution < 1.29 is 9.90 Å². The Kier molecular flexibility index (Phi) is 8.71. The Hall–Kier alpha value is -2.62. The van der Waals surface area contributed by atoms with Crippen LogP contribution in [-0.4, -0.2) is 29.2 Å². The molecule has 1 fully saturated rings. The summed E-state index contributed by atoms with van der Waals surface area (Å²) in [5.41, 5.74) is 4.40. The maximum absolute atomic E-state index is 12.9. The largest absolute Gasteiger partial charge is 0.507 e. The molecule has 0 amide bonds. The lowest BCUT2D eigenvalue weighted by Crippen LogP contribution is -2.39. The second-order valence-corrected chi connectivity index (χ2v) is 10.5. The van der Waals surface area contributed by atoms with Crippen molar-refractivity contribution >= 4 is 12.0 Å². The fraction of sp³-hybridized carbons (Fsp3) is 0.517. The highest BCUT2D eigenvalue weighted by Gasteiger charge is 2.25. The third kappa shape index (κ3) is 6.93. The molecule has 1 aromatic carbocycles. The van der Waals surface area contributed by atoms with E-state index in [2.05, 4.69) is 39.6 Å². The number of carbonyl (C=O) groups excluding carboxylic acids is 1. The van der Waals surface area contributed by atoms with Gasteiger partial charge in [-0.2, -0.15) is 0 Å². The summed E-state index contributed by atoms with van der Waals surface area (Å²) in [7, 11) is 0. The first-order valence-corrected chi connectivity index (χ1v) is 12.5. The summed E-state index contributed by atoms with van der Waals surface area (Å²) >= 11 is 0. The highest BCUT2D eigenvalue weighted by molar-refractivity contribution is 6.10. The number of hydrogen-bond acceptors (Lipinski definition) is 4. The van der Waals surface area contributed by atoms with Gasteiger partial charge in [0.25, 0.3) is 0 Å². The zero-order chi connectivity index (χ0) is 24.0. The molecular formula is C29H40N2O2. The SMILES string of the molecule is C=C1C=C(CC(C)C)C(=O)C(=CN[C@H]2CCCC[C@@H]2N=Cc2cccc(CC(C)C)c2O)C1. The van der Waals surface area contributed by atoms with E-state index in [1.807, 2.05) is 36.7 Å². The maximum atomic E-state index is 12.9. The van der Waals surface area contributed by atoms with Crippen LogP contribution in [0, 0.1) is 11.8 Å². The van der Waals surface area contributed by atoms with Gasteiger partial charge in [0, 0.05) is 41.6 Å². The Morgan fingerprint density at radius 3 is 2.61 bits per heavy atom. The summed E-state index contributed by atoms with van der Waals surface area (Å²) in [4.78, 5) is 17.8. The van der Waals surface area contributed by atoms with Gasteiger partial charge in [-0.05, 0) is 49.1 Å². The van der Waals surface area contributed by atoms with E-state index in [0.717, 1.165) is 66.4 Å². The van der Waals surface area contributed by atoms with Crippen LogP contribution in [-0.2, 0) is 11.2 Å². The molecule has 2 aliphatic rings. The number of rotatable bonds is 8. The average Bonchev–Trinajstić information content (AvgIpc) is 2.75. The van der Waals surface area contributed by atoms with E-state index in [4.69, 9.17) is 4.99 Å². The zero-order valence-electron chi connectivity index (χ0n) is 20.7. The van der Waals surface area contributed by atoms with Crippen molar-refractivity contribution in [3.63, 3.8) is 0 Å². The minimum Gasteiger partial charge on any atom is -0.507 e. The number of nitrogens with one attached hydrogen (secondary N) is 1. The molecule has 0 aliphatic heterocycles. The first kappa shape index (κ1) is 25.0. The molecular weight excluding hydrogens is 408 g/mol. The number of aromatic hydroxyl groups is 1. The Balaban J connectivity index is 1.72. The number of hydrogen-bond donors (Lipinski definition) is 2. The van der Waals surface area contributed by atoms with Crippen LogP contribution < -0.4 is 5.32 Å². The second-order valence-electron chi connectivity index (χ2n) is 10.5. The van der Waals surface area contributed by atoms with Crippen molar-refractivity contribution in [1.82, 2.24) is 5.32 Å². The smallest absolute Gasteiger partial charge is 0.186 e. The topological polar surface area (TPSA) is 61.7 Å². The number of carbonyl (C=O) groups is 1. The van der Waals surface area contributed by atoms with Gasteiger partial charge in [0.15, 0.2) is 5.78 Å². The molecule has 4 nitrogen and oxygen atoms in total. The summed E-state index contributed by atoms with van der Waals surface area (Å²) in [6, 6.07) is 6.20. The van der Waals surface area contributed by atoms with Crippen molar-refractivity contribution in [3.05, 3.63) is 64.9 Å². The molecule has 0 heterocycles. The van der Waals surface area contributed by atoms with Crippen LogP contribution in [0.1, 0.15) is 77.3 Å². The number of ketones is 1. The molecule has 0 saturated heterocycles. The maximum Gasteiger partial charge on any atom is 0.186 e. The molecule has 1 saturated carbocycles. The average molecular weight is 449 g/mol. The molecule has 0 aromatic heterocycles. The van der Waals surface area contributed by atoms with Gasteiger partial charge < -0.3 is 10.4 Å². The summed E-state index contributed by atoms with van der Waals surface area (Å²) in [5, 5.41) is 14.2. The van der Waals surface area contributed by atoms with E-state index in [1.54, 1.807) is 0 Å². The number of benzene rings is 1. The summed E-state index contributed by atoms with van der Waals surface area (Å²) in [6.07, 6.45) is 12.3. The lowest BCUT2D eigenvalue weighted by molar-refractivity contribution is -0.112. The number of aliphatic imine (C=N–C) groups is 1. The molecule has 2 aliphatic carbocycles. The van der Waals surface area contributed by atoms with Crippen LogP contribution in [0.3, 0.4) is 0 Å². The molecule has 2 atom stereocenters. The fourth-order valence-electron chi connectivity index (χ4n) is 4.79. The Morgan fingerprint density at radius 1 is 1.15 bits per heavy atom. The zero-order valence-corrected chi connectivity index (χ0v) is 20.7. The standard InChI is InChI=1S/C29H40N2O2/c1-19(2)13-22-9-8-10-23(28(22)32)17-30-26-11-6-7-12-27(26)31-18-25-16-21(5)15-24(29(25)33)14-20(3)4/h8-10,15,17-20,26-27,31-32H,5-7,11-14,16H2,1-4H3/t26-,27-/m0/s1. The molecule has 0 unspecified atom stereocenters. The van der Waals surface area contributed by atoms with E-state index >= 15 is 0 Å². The van der Waals surface area contributed by atoms with Gasteiger partial charge in [0.05, 0.1) is 6.04 Å². The molecule has 33 heavy (non-hydrogen) atoms. The van der Waals surface area contributed by atoms with Crippen molar-refractivity contribution in [2.24, 2.45) is 16.8 Å². The highest BCUT2D eigenvalue weighted by atomic mass is 16.3. The van der Waals surface area contributed by atoms with Crippen LogP contribution in [0.2, 0.25) is 0 Å². The first-order valence-electron chi connectivity index (χ1n) is 12.5. The quantitative estimate of drug-likeness (QED) is 0.363. The predicted molar refractivity (Wildman–Crippen MR) is 138 cm³/mol. The Morgan fingerprint density at radius 2 is 1.88 bits per heavy atom. The van der Waals surface area contributed by atoms with Crippen molar-refractivity contribution in [3.8, 4) is 5.75 Å². The minimum atomic E-state index is 0.122. The number of allylic oxidation sites excluding steroid dienone is 4. The van der Waals surface area contributed by atoms with Crippen LogP contribution in [0.4, 0.5) is 0 Å². The summed E-state index contributed by atoms with van der Waals surface area (Å²) in [6.45, 7) is 12.7. The van der Waals surface area contributed by atoms with E-state index < -0.39 is 0 Å². The molecule has 0 radical (unpaired) electrons. The fourth-order valence-corrected chi connectivity index (χ4v) is 4.79. The lowest BCUT2D eigenvalue weighted by Gasteiger charge is -2.29. The van der Waals surface area contributed by atoms with Crippen molar-refractivity contribution in [2.75, 3.05) is 0 Å². The van der Waals surface area contributed by atoms with Gasteiger partial charge in [-0.25, -0.2) is 0 Å². The van der Waals surface area contributed by atoms with E-state index in [1.165, 1.54) is 0 Å². The number of para-hydroxylation sites is 1. The second kappa shape index (κ2) is 11.5. The molecule has 4 heteroatoms. The van der Waals surface area contributed by atoms with Crippen molar-refractivity contribution in [1.29, 1.82) is 0 Å². The Labute approximate surface area is 199 Å². The first-order chi connectivity index (χ1) is 15.7. The predicted octanol–water partition coefficient (Wildman–Crippen LogP) is 6.30. The number of nitrogens with zero attached hydrogens (tertiary/aromatic N) is 1. The minimum absolute atomic E-state index is 0.122. The highest BCUT2D eigenvalue weighted by Crippen LogP contribution is 2.28. The number of phenolic OH excluding ortho intramolecular Hbond substituents is 1. The van der Waals surface area contributed by atoms with E-state index in [0.29, 0.717) is 24.0 Å². The molecule has 1 aromatic rings. The monoisotopic (exact) mass is 448 g/mol. The normalized spacial score (nSPS) is 23.1. The summed E-state index contributed by atoms with van der Waals surface area (Å²) < 4.78 is 0. The third-order valence-corrected chi connectivity index (χ3v) is 6.39. The van der Waals surface area contributed by atoms with Gasteiger partial charge in [-0.3, -0.25) is 9.79 Å². The van der Waals surface area contributed by atoms with Crippen molar-refractivity contribution in [2.45, 2.75) is 84.7 Å². The molecule has 0 spiro atoms. The molecule has 0 bridgehead atoms. The van der Waals surface area contributed by atoms with Gasteiger partial charge in [0.2, 0.25) is 0 Å². The van der Waals surface area contributed by atoms with Crippen LogP contribution in [0.5, 0.6) is 5.75 Å². The number of Topliss-reactive ketones (excluding diaryl/α,β-unsaturated/α-hetero) is 1. The Bertz CT molecular complexity index is 952. The lowest BCUT2D eigenvalue weighted by atomic mass is 9.86. The molecule has 178 valence electrons. The van der Waals surface area contributed by atoms with E-state index in [-0.39, 0.29) is 17.9 Å². The number of phenols is 1. The van der Waals surface area contributed by atoms with Gasteiger partial charge in [-0.15, -0.1) is 0 Å². The third-order valence-electron chi connectivity index (χ3n) is 6.39. The van der Waals surface area contributed by atoms with E-state index in [9.17, 15) is 9.90 Å². The van der Waals surface area contributed by atoms with Crippen LogP contribution in [0.25, 0.3) is 0 Å². The van der Waals surface area contributed by atoms with Crippen LogP contribution >= 0.6 is 0 Å². The van der Waals surface area contributed by atoms with Crippen LogP contribution in [0.15, 0.2) is 58.8 Å². The van der Waals surface area contributed by atoms with Gasteiger partial charge in [0.1, 0.15) is 5.75 Å². The molecule has 2 N–H and O–H groups in total. The molecule has 3 rings (SSSR count). The summed E-state index contributed by atoms with van der Waals surface area (Å²) in [5.74, 6) is 1.41. The van der Waals surface area contributed by atoms with Gasteiger partial charge >= 0.3 is 0 Å².